The van der Waals surface area contributed by atoms with Crippen LogP contribution in [0.2, 0.25) is 5.02 Å². The largest absolute Gasteiger partial charge is 0.478 e. The molecule has 1 heterocycles. The molecule has 4 rings (SSSR count). The lowest BCUT2D eigenvalue weighted by Crippen LogP contribution is -2.52. The highest BCUT2D eigenvalue weighted by Gasteiger charge is 2.57. The maximum Gasteiger partial charge on any atom is 0.335 e. The fourth-order valence-corrected chi connectivity index (χ4v) is 5.87. The molecular formula is C29H30BrClFN3O3. The molecule has 38 heavy (non-hydrogen) atoms. The summed E-state index contributed by atoms with van der Waals surface area (Å²) in [6.45, 7) is 6.20. The zero-order chi connectivity index (χ0) is 27.8. The smallest absolute Gasteiger partial charge is 0.335 e. The van der Waals surface area contributed by atoms with Crippen molar-refractivity contribution in [2.75, 3.05) is 5.32 Å². The van der Waals surface area contributed by atoms with Gasteiger partial charge in [-0.1, -0.05) is 66.5 Å². The number of anilines is 1. The molecule has 200 valence electrons. The predicted molar refractivity (Wildman–Crippen MR) is 151 cm³/mol. The number of carbonyl (C=O) groups is 2. The van der Waals surface area contributed by atoms with Gasteiger partial charge in [-0.3, -0.25) is 4.79 Å². The van der Waals surface area contributed by atoms with E-state index in [1.165, 1.54) is 30.3 Å². The lowest BCUT2D eigenvalue weighted by Gasteiger charge is -2.39. The van der Waals surface area contributed by atoms with Crippen LogP contribution in [0.25, 0.3) is 0 Å². The Labute approximate surface area is 234 Å². The summed E-state index contributed by atoms with van der Waals surface area (Å²) in [5, 5.41) is 15.8. The van der Waals surface area contributed by atoms with E-state index in [1.54, 1.807) is 12.1 Å². The molecule has 0 saturated carbocycles. The van der Waals surface area contributed by atoms with Crippen molar-refractivity contribution in [3.63, 3.8) is 0 Å². The minimum absolute atomic E-state index is 0.110. The van der Waals surface area contributed by atoms with Crippen molar-refractivity contribution in [3.8, 4) is 0 Å². The Balaban J connectivity index is 1.83. The molecule has 1 fully saturated rings. The van der Waals surface area contributed by atoms with E-state index in [2.05, 4.69) is 47.3 Å². The SMILES string of the molecule is CC(C)(C)C[C@@H]1N[C@@H](C(=O)Nc2ccc(C(=O)O)cc2)[C@H](c2cccc(Br)c2)[C@@]1(N)c1ccc(Cl)cc1F. The summed E-state index contributed by atoms with van der Waals surface area (Å²) in [6.07, 6.45) is 0.563. The molecule has 0 radical (unpaired) electrons. The zero-order valence-corrected chi connectivity index (χ0v) is 23.6. The van der Waals surface area contributed by atoms with E-state index >= 15 is 4.39 Å². The highest BCUT2D eigenvalue weighted by molar-refractivity contribution is 9.10. The Morgan fingerprint density at radius 2 is 1.82 bits per heavy atom. The first-order chi connectivity index (χ1) is 17.8. The van der Waals surface area contributed by atoms with Gasteiger partial charge in [0, 0.05) is 32.7 Å². The Morgan fingerprint density at radius 1 is 1.13 bits per heavy atom. The van der Waals surface area contributed by atoms with Gasteiger partial charge in [-0.2, -0.15) is 0 Å². The van der Waals surface area contributed by atoms with E-state index in [-0.39, 0.29) is 27.5 Å². The molecule has 9 heteroatoms. The van der Waals surface area contributed by atoms with Crippen molar-refractivity contribution in [2.45, 2.75) is 50.7 Å². The van der Waals surface area contributed by atoms with Crippen molar-refractivity contribution in [3.05, 3.63) is 98.7 Å². The van der Waals surface area contributed by atoms with Gasteiger partial charge in [-0.05, 0) is 65.9 Å². The van der Waals surface area contributed by atoms with Gasteiger partial charge in [0.2, 0.25) is 5.91 Å². The van der Waals surface area contributed by atoms with Gasteiger partial charge in [0.15, 0.2) is 0 Å². The Bertz CT molecular complexity index is 1360. The van der Waals surface area contributed by atoms with Gasteiger partial charge in [0.1, 0.15) is 5.82 Å². The van der Waals surface area contributed by atoms with Crippen LogP contribution in [0.3, 0.4) is 0 Å². The normalized spacial score (nSPS) is 23.3. The number of carboxylic acid groups (broad SMARTS) is 1. The van der Waals surface area contributed by atoms with Crippen LogP contribution in [0.15, 0.2) is 71.2 Å². The minimum atomic E-state index is -1.31. The molecule has 0 aliphatic carbocycles. The van der Waals surface area contributed by atoms with Crippen LogP contribution in [-0.4, -0.2) is 29.1 Å². The molecule has 3 aromatic carbocycles. The van der Waals surface area contributed by atoms with Crippen molar-refractivity contribution < 1.29 is 19.1 Å². The van der Waals surface area contributed by atoms with E-state index < -0.39 is 35.3 Å². The molecule has 5 N–H and O–H groups in total. The number of nitrogens with two attached hydrogens (primary N) is 1. The quantitative estimate of drug-likeness (QED) is 0.265. The van der Waals surface area contributed by atoms with Gasteiger partial charge in [-0.25, -0.2) is 9.18 Å². The number of aromatic carboxylic acids is 1. The van der Waals surface area contributed by atoms with Crippen molar-refractivity contribution >= 4 is 45.1 Å². The van der Waals surface area contributed by atoms with Crippen LogP contribution in [-0.2, 0) is 10.3 Å². The summed E-state index contributed by atoms with van der Waals surface area (Å²) in [5.41, 5.74) is 7.37. The topological polar surface area (TPSA) is 104 Å². The first-order valence-electron chi connectivity index (χ1n) is 12.2. The molecule has 6 nitrogen and oxygen atoms in total. The molecule has 1 amide bonds. The van der Waals surface area contributed by atoms with Crippen LogP contribution in [0, 0.1) is 11.2 Å². The lowest BCUT2D eigenvalue weighted by molar-refractivity contribution is -0.118. The van der Waals surface area contributed by atoms with Gasteiger partial charge in [-0.15, -0.1) is 0 Å². The van der Waals surface area contributed by atoms with Gasteiger partial charge < -0.3 is 21.5 Å². The Morgan fingerprint density at radius 3 is 2.39 bits per heavy atom. The number of nitrogens with one attached hydrogen (secondary N) is 2. The monoisotopic (exact) mass is 601 g/mol. The lowest BCUT2D eigenvalue weighted by atomic mass is 9.68. The van der Waals surface area contributed by atoms with Gasteiger partial charge >= 0.3 is 5.97 Å². The molecular weight excluding hydrogens is 573 g/mol. The maximum absolute atomic E-state index is 15.6. The fourth-order valence-electron chi connectivity index (χ4n) is 5.29. The molecule has 0 aromatic heterocycles. The first-order valence-corrected chi connectivity index (χ1v) is 13.4. The highest BCUT2D eigenvalue weighted by atomic mass is 79.9. The second-order valence-corrected chi connectivity index (χ2v) is 12.3. The predicted octanol–water partition coefficient (Wildman–Crippen LogP) is 6.29. The molecule has 0 bridgehead atoms. The first kappa shape index (κ1) is 28.2. The second-order valence-electron chi connectivity index (χ2n) is 10.9. The standard InChI is InChI=1S/C29H30BrClFN3O3/c1-28(2,3)15-23-29(33,21-12-9-19(31)14-22(21)32)24(17-5-4-6-18(30)13-17)25(35-23)26(36)34-20-10-7-16(8-11-20)27(37)38/h4-14,23-25,35H,15,33H2,1-3H3,(H,34,36)(H,37,38)/t23-,24-,25+,29+/m0/s1. The number of halogens is 3. The average molecular weight is 603 g/mol. The van der Waals surface area contributed by atoms with Crippen LogP contribution in [0.5, 0.6) is 0 Å². The van der Waals surface area contributed by atoms with E-state index in [0.29, 0.717) is 12.1 Å². The van der Waals surface area contributed by atoms with E-state index in [9.17, 15) is 14.7 Å². The molecule has 0 unspecified atom stereocenters. The molecule has 3 aromatic rings. The molecule has 1 aliphatic heterocycles. The van der Waals surface area contributed by atoms with Gasteiger partial charge in [0.25, 0.3) is 0 Å². The van der Waals surface area contributed by atoms with Crippen LogP contribution in [0.4, 0.5) is 10.1 Å². The summed E-state index contributed by atoms with van der Waals surface area (Å²) in [7, 11) is 0. The molecule has 0 spiro atoms. The Hall–Kier alpha value is -2.78. The number of benzene rings is 3. The Kier molecular flexibility index (Phi) is 8.00. The number of hydrogen-bond acceptors (Lipinski definition) is 4. The van der Waals surface area contributed by atoms with Crippen molar-refractivity contribution in [1.29, 1.82) is 0 Å². The van der Waals surface area contributed by atoms with Crippen molar-refractivity contribution in [1.82, 2.24) is 5.32 Å². The molecule has 4 atom stereocenters. The number of rotatable bonds is 6. The summed E-state index contributed by atoms with van der Waals surface area (Å²) >= 11 is 9.60. The van der Waals surface area contributed by atoms with Crippen LogP contribution >= 0.6 is 27.5 Å². The van der Waals surface area contributed by atoms with E-state index in [1.807, 2.05) is 24.3 Å². The maximum atomic E-state index is 15.6. The van der Waals surface area contributed by atoms with Crippen LogP contribution < -0.4 is 16.4 Å². The third kappa shape index (κ3) is 5.78. The fraction of sp³-hybridized carbons (Fsp3) is 0.310. The van der Waals surface area contributed by atoms with Crippen molar-refractivity contribution in [2.24, 2.45) is 11.1 Å². The second kappa shape index (κ2) is 10.8. The summed E-state index contributed by atoms with van der Waals surface area (Å²) < 4.78 is 16.4. The average Bonchev–Trinajstić information content (AvgIpc) is 3.10. The molecule has 1 saturated heterocycles. The summed E-state index contributed by atoms with van der Waals surface area (Å²) in [6, 6.07) is 16.6. The van der Waals surface area contributed by atoms with E-state index in [4.69, 9.17) is 17.3 Å². The third-order valence-electron chi connectivity index (χ3n) is 6.91. The zero-order valence-electron chi connectivity index (χ0n) is 21.3. The number of amides is 1. The third-order valence-corrected chi connectivity index (χ3v) is 7.64. The number of carbonyl (C=O) groups excluding carboxylic acids is 1. The summed E-state index contributed by atoms with van der Waals surface area (Å²) in [5.74, 6) is -2.61. The minimum Gasteiger partial charge on any atom is -0.478 e. The van der Waals surface area contributed by atoms with Crippen LogP contribution in [0.1, 0.15) is 54.6 Å². The number of hydrogen-bond donors (Lipinski definition) is 4. The molecule has 1 aliphatic rings. The number of carboxylic acids is 1. The highest BCUT2D eigenvalue weighted by Crippen LogP contribution is 2.49. The summed E-state index contributed by atoms with van der Waals surface area (Å²) in [4.78, 5) is 25.0. The van der Waals surface area contributed by atoms with E-state index in [0.717, 1.165) is 10.0 Å². The van der Waals surface area contributed by atoms with Gasteiger partial charge in [0.05, 0.1) is 17.1 Å².